The van der Waals surface area contributed by atoms with Crippen LogP contribution in [0, 0.1) is 0 Å². The first kappa shape index (κ1) is 15.0. The molecule has 0 saturated heterocycles. The minimum absolute atomic E-state index is 1.05. The number of hydrogen-bond donors (Lipinski definition) is 0. The van der Waals surface area contributed by atoms with E-state index in [1.165, 1.54) is 4.81 Å². The first-order valence-electron chi connectivity index (χ1n) is 6.83. The fourth-order valence-electron chi connectivity index (χ4n) is 1.75. The summed E-state index contributed by atoms with van der Waals surface area (Å²) in [5.41, 5.74) is 0. The molecular formula is C19H21Pt. The fourth-order valence-corrected chi connectivity index (χ4v) is 7.20. The summed E-state index contributed by atoms with van der Waals surface area (Å²) in [5.74, 6) is 0. The topological polar surface area (TPSA) is 0 Å². The van der Waals surface area contributed by atoms with Crippen molar-refractivity contribution in [3.05, 3.63) is 85.0 Å². The van der Waals surface area contributed by atoms with Crippen LogP contribution in [0.1, 0.15) is 13.3 Å². The molecule has 0 aliphatic carbocycles. The van der Waals surface area contributed by atoms with Crippen molar-refractivity contribution in [3.8, 4) is 0 Å². The Kier molecular flexibility index (Phi) is 6.54. The molecule has 2 rings (SSSR count). The van der Waals surface area contributed by atoms with Gasteiger partial charge < -0.3 is 0 Å². The maximum atomic E-state index is 2.37. The maximum absolute atomic E-state index is 2.37. The second-order valence-corrected chi connectivity index (χ2v) is 9.95. The molecule has 0 fully saturated rings. The van der Waals surface area contributed by atoms with Gasteiger partial charge in [0, 0.05) is 0 Å². The average Bonchev–Trinajstić information content (AvgIpc) is 2.53. The Morgan fingerprint density at radius 3 is 1.80 bits per heavy atom. The normalized spacial score (nSPS) is 12.2. The van der Waals surface area contributed by atoms with Gasteiger partial charge in [0.25, 0.3) is 0 Å². The summed E-state index contributed by atoms with van der Waals surface area (Å²) in [6.07, 6.45) is 10.0. The van der Waals surface area contributed by atoms with Crippen LogP contribution in [0.15, 0.2) is 85.0 Å². The molecule has 0 amide bonds. The van der Waals surface area contributed by atoms with Crippen molar-refractivity contribution in [3.63, 3.8) is 0 Å². The van der Waals surface area contributed by atoms with Gasteiger partial charge in [-0.15, -0.1) is 0 Å². The molecule has 0 saturated carbocycles. The molecule has 0 spiro atoms. The van der Waals surface area contributed by atoms with Crippen molar-refractivity contribution in [1.29, 1.82) is 0 Å². The van der Waals surface area contributed by atoms with E-state index in [0.29, 0.717) is 0 Å². The van der Waals surface area contributed by atoms with Crippen LogP contribution in [0.4, 0.5) is 0 Å². The van der Waals surface area contributed by atoms with Crippen LogP contribution in [0.3, 0.4) is 0 Å². The fraction of sp³-hybridized carbons (Fsp3) is 0.158. The van der Waals surface area contributed by atoms with E-state index in [1.54, 1.807) is 7.91 Å². The average molecular weight is 444 g/mol. The molecule has 0 radical (unpaired) electrons. The van der Waals surface area contributed by atoms with Gasteiger partial charge in [-0.1, -0.05) is 0 Å². The van der Waals surface area contributed by atoms with Crippen LogP contribution in [-0.2, 0) is 17.3 Å². The third-order valence-corrected chi connectivity index (χ3v) is 8.89. The number of hydrogen-bond acceptors (Lipinski definition) is 0. The summed E-state index contributed by atoms with van der Waals surface area (Å²) in [6.45, 7) is 2.07. The zero-order chi connectivity index (χ0) is 14.0. The number of allylic oxidation sites excluding steroid dienone is 4. The van der Waals surface area contributed by atoms with Crippen LogP contribution in [0.5, 0.6) is 0 Å². The molecule has 0 aromatic heterocycles. The summed E-state index contributed by atoms with van der Waals surface area (Å²) < 4.78 is 3.08. The summed E-state index contributed by atoms with van der Waals surface area (Å²) in [6, 6.07) is 22.0. The van der Waals surface area contributed by atoms with Crippen molar-refractivity contribution < 1.29 is 17.3 Å². The molecule has 0 N–H and O–H groups in total. The Bertz CT molecular complexity index is 501. The van der Waals surface area contributed by atoms with E-state index >= 15 is 0 Å². The molecule has 0 bridgehead atoms. The monoisotopic (exact) mass is 444 g/mol. The van der Waals surface area contributed by atoms with E-state index in [4.69, 9.17) is 0 Å². The summed E-state index contributed by atoms with van der Waals surface area (Å²) in [5, 5.41) is 0. The molecule has 2 aromatic carbocycles. The quantitative estimate of drug-likeness (QED) is 0.586. The molecule has 0 aliphatic rings. The molecule has 0 unspecified atom stereocenters. The van der Waals surface area contributed by atoms with Crippen molar-refractivity contribution in [2.45, 2.75) is 18.2 Å². The third kappa shape index (κ3) is 4.62. The van der Waals surface area contributed by atoms with Crippen LogP contribution < -0.4 is 7.91 Å². The van der Waals surface area contributed by atoms with Gasteiger partial charge in [0.1, 0.15) is 0 Å². The van der Waals surface area contributed by atoms with Gasteiger partial charge in [0.2, 0.25) is 0 Å². The van der Waals surface area contributed by atoms with E-state index in [-0.39, 0.29) is 0 Å². The predicted octanol–water partition coefficient (Wildman–Crippen LogP) is 4.20. The van der Waals surface area contributed by atoms with Crippen molar-refractivity contribution >= 4 is 7.91 Å². The van der Waals surface area contributed by atoms with Crippen molar-refractivity contribution in [2.24, 2.45) is 0 Å². The predicted molar refractivity (Wildman–Crippen MR) is 85.5 cm³/mol. The van der Waals surface area contributed by atoms with E-state index in [9.17, 15) is 0 Å². The zero-order valence-electron chi connectivity index (χ0n) is 11.8. The van der Waals surface area contributed by atoms with Gasteiger partial charge in [-0.05, 0) is 0 Å². The van der Waals surface area contributed by atoms with Crippen LogP contribution in [-0.4, -0.2) is 0 Å². The molecule has 0 atom stereocenters. The molecule has 0 heterocycles. The van der Waals surface area contributed by atoms with Gasteiger partial charge in [0.05, 0.1) is 0 Å². The Hall–Kier alpha value is -1.39. The van der Waals surface area contributed by atoms with Gasteiger partial charge in [-0.25, -0.2) is 0 Å². The van der Waals surface area contributed by atoms with Crippen LogP contribution in [0.25, 0.3) is 0 Å². The van der Waals surface area contributed by atoms with E-state index in [0.717, 1.165) is 6.42 Å². The minimum atomic E-state index is -1.32. The molecule has 107 valence electrons. The van der Waals surface area contributed by atoms with Gasteiger partial charge in [0.15, 0.2) is 0 Å². The van der Waals surface area contributed by atoms with E-state index < -0.39 is 17.3 Å². The molecule has 1 heteroatoms. The molecular weight excluding hydrogens is 423 g/mol. The molecule has 0 nitrogen and oxygen atoms in total. The number of benzene rings is 2. The summed E-state index contributed by atoms with van der Waals surface area (Å²) in [4.78, 5) is 1.20. The first-order valence-corrected chi connectivity index (χ1v) is 10.7. The molecule has 2 aromatic rings. The zero-order valence-corrected chi connectivity index (χ0v) is 14.1. The second-order valence-electron chi connectivity index (χ2n) is 4.23. The summed E-state index contributed by atoms with van der Waals surface area (Å²) >= 11 is -1.32. The summed E-state index contributed by atoms with van der Waals surface area (Å²) in [7, 11) is 0. The van der Waals surface area contributed by atoms with Crippen molar-refractivity contribution in [2.75, 3.05) is 0 Å². The molecule has 0 aliphatic heterocycles. The number of rotatable bonds is 6. The Balaban J connectivity index is 2.15. The Labute approximate surface area is 128 Å². The van der Waals surface area contributed by atoms with E-state index in [1.807, 2.05) is 0 Å². The Morgan fingerprint density at radius 2 is 1.30 bits per heavy atom. The first-order chi connectivity index (χ1) is 9.92. The second kappa shape index (κ2) is 8.71. The Morgan fingerprint density at radius 1 is 0.750 bits per heavy atom. The van der Waals surface area contributed by atoms with Crippen LogP contribution >= 0.6 is 0 Å². The van der Waals surface area contributed by atoms with Crippen molar-refractivity contribution in [1.82, 2.24) is 0 Å². The van der Waals surface area contributed by atoms with Gasteiger partial charge in [-0.3, -0.25) is 0 Å². The molecule has 20 heavy (non-hydrogen) atoms. The van der Waals surface area contributed by atoms with E-state index in [2.05, 4.69) is 91.9 Å². The standard InChI is InChI=1S/C7H11.2C6H5.Pt/c1-3-5-7-6-4-2;2*1-2-4-6-5-3-1;/h3-6H,1,7H2,2H3;2*1-5H;. The van der Waals surface area contributed by atoms with Crippen LogP contribution in [0.2, 0.25) is 4.81 Å². The van der Waals surface area contributed by atoms with Gasteiger partial charge >= 0.3 is 128 Å². The van der Waals surface area contributed by atoms with Gasteiger partial charge in [-0.2, -0.15) is 0 Å². The third-order valence-electron chi connectivity index (χ3n) is 2.74. The SMILES string of the molecule is CC=CCC=C[CH2][Pt]([c]1ccccc1)[c]1ccccc1.